The molecule has 152 valence electrons. The number of aromatic amines is 1. The molecule has 8 nitrogen and oxygen atoms in total. The molecule has 1 aromatic heterocycles. The van der Waals surface area contributed by atoms with Crippen molar-refractivity contribution in [3.63, 3.8) is 0 Å². The molecule has 1 amide bonds. The summed E-state index contributed by atoms with van der Waals surface area (Å²) in [6.45, 7) is 1.23. The quantitative estimate of drug-likeness (QED) is 0.485. The average molecular weight is 407 g/mol. The largest absolute Gasteiger partial charge is 0.494 e. The van der Waals surface area contributed by atoms with E-state index in [-0.39, 0.29) is 24.4 Å². The van der Waals surface area contributed by atoms with E-state index in [1.807, 2.05) is 18.2 Å². The molecule has 0 aliphatic carbocycles. The molecule has 2 aromatic carbocycles. The van der Waals surface area contributed by atoms with Gasteiger partial charge in [0.25, 0.3) is 5.91 Å². The molecular formula is C21H18FN5O3. The molecule has 1 fully saturated rings. The Bertz CT molecular complexity index is 1210. The molecule has 5 rings (SSSR count). The van der Waals surface area contributed by atoms with Crippen LogP contribution < -0.4 is 10.6 Å². The van der Waals surface area contributed by atoms with E-state index in [0.717, 1.165) is 13.1 Å². The number of benzene rings is 2. The molecule has 3 heterocycles. The van der Waals surface area contributed by atoms with E-state index < -0.39 is 5.82 Å². The van der Waals surface area contributed by atoms with Crippen molar-refractivity contribution < 1.29 is 19.1 Å². The van der Waals surface area contributed by atoms with E-state index in [9.17, 15) is 14.3 Å². The Morgan fingerprint density at radius 2 is 2.13 bits per heavy atom. The standard InChI is InChI=1S/C21H18FN5O3/c22-11-5-6-16-14(7-11)18(21(29)26-16)20-19(13-3-1-2-4-15(13)25-20)27-30-10-17(28)24-12-8-23-9-12/h1-7,12,23,26,29H,8-10H2,(H,24,28). The molecule has 2 aliphatic heterocycles. The Kier molecular flexibility index (Phi) is 4.44. The minimum atomic E-state index is -0.434. The summed E-state index contributed by atoms with van der Waals surface area (Å²) < 4.78 is 13.9. The SMILES string of the molecule is O=C(CON=C1C(c2c(O)[nH]c3ccc(F)cc23)=Nc2ccccc21)NC1CNC1. The van der Waals surface area contributed by atoms with Gasteiger partial charge in [-0.25, -0.2) is 9.38 Å². The lowest BCUT2D eigenvalue weighted by Crippen LogP contribution is -2.57. The van der Waals surface area contributed by atoms with Crippen molar-refractivity contribution in [3.05, 3.63) is 59.4 Å². The first-order chi connectivity index (χ1) is 14.6. The molecule has 9 heteroatoms. The molecule has 0 atom stereocenters. The summed E-state index contributed by atoms with van der Waals surface area (Å²) >= 11 is 0. The predicted molar refractivity (Wildman–Crippen MR) is 110 cm³/mol. The summed E-state index contributed by atoms with van der Waals surface area (Å²) in [5, 5.41) is 21.0. The van der Waals surface area contributed by atoms with Crippen LogP contribution in [0.2, 0.25) is 0 Å². The maximum absolute atomic E-state index is 13.9. The van der Waals surface area contributed by atoms with Crippen LogP contribution >= 0.6 is 0 Å². The van der Waals surface area contributed by atoms with E-state index in [2.05, 4.69) is 25.8 Å². The number of fused-ring (bicyclic) bond motifs is 2. The third-order valence-electron chi connectivity index (χ3n) is 5.09. The molecular weight excluding hydrogens is 389 g/mol. The van der Waals surface area contributed by atoms with Crippen LogP contribution in [0, 0.1) is 5.82 Å². The number of aliphatic imine (C=N–C) groups is 1. The van der Waals surface area contributed by atoms with Gasteiger partial charge in [-0.05, 0) is 24.3 Å². The van der Waals surface area contributed by atoms with Gasteiger partial charge in [-0.15, -0.1) is 0 Å². The molecule has 0 saturated carbocycles. The van der Waals surface area contributed by atoms with Crippen LogP contribution in [-0.4, -0.2) is 53.2 Å². The normalized spacial score (nSPS) is 17.0. The third-order valence-corrected chi connectivity index (χ3v) is 5.09. The number of H-pyrrole nitrogens is 1. The van der Waals surface area contributed by atoms with Gasteiger partial charge in [0, 0.05) is 29.6 Å². The van der Waals surface area contributed by atoms with Crippen molar-refractivity contribution >= 4 is 33.9 Å². The fourth-order valence-electron chi connectivity index (χ4n) is 3.54. The monoisotopic (exact) mass is 407 g/mol. The second-order valence-corrected chi connectivity index (χ2v) is 7.15. The molecule has 0 radical (unpaired) electrons. The van der Waals surface area contributed by atoms with Crippen molar-refractivity contribution in [2.45, 2.75) is 6.04 Å². The van der Waals surface area contributed by atoms with Gasteiger partial charge in [0.2, 0.25) is 0 Å². The van der Waals surface area contributed by atoms with Crippen LogP contribution in [0.1, 0.15) is 11.1 Å². The number of nitrogens with one attached hydrogen (secondary N) is 3. The van der Waals surface area contributed by atoms with Crippen molar-refractivity contribution in [2.24, 2.45) is 10.1 Å². The fourth-order valence-corrected chi connectivity index (χ4v) is 3.54. The molecule has 0 unspecified atom stereocenters. The molecule has 0 spiro atoms. The summed E-state index contributed by atoms with van der Waals surface area (Å²) in [6.07, 6.45) is 0. The van der Waals surface area contributed by atoms with Crippen LogP contribution in [0.3, 0.4) is 0 Å². The van der Waals surface area contributed by atoms with E-state index in [4.69, 9.17) is 4.84 Å². The second-order valence-electron chi connectivity index (χ2n) is 7.15. The highest BCUT2D eigenvalue weighted by Gasteiger charge is 2.29. The van der Waals surface area contributed by atoms with Crippen molar-refractivity contribution in [2.75, 3.05) is 19.7 Å². The highest BCUT2D eigenvalue weighted by Crippen LogP contribution is 2.35. The van der Waals surface area contributed by atoms with Crippen LogP contribution in [0.5, 0.6) is 5.88 Å². The number of para-hydroxylation sites is 1. The van der Waals surface area contributed by atoms with Gasteiger partial charge < -0.3 is 25.6 Å². The van der Waals surface area contributed by atoms with Crippen molar-refractivity contribution in [1.29, 1.82) is 0 Å². The summed E-state index contributed by atoms with van der Waals surface area (Å²) in [5.41, 5.74) is 2.94. The highest BCUT2D eigenvalue weighted by atomic mass is 19.1. The third kappa shape index (κ3) is 3.18. The number of oxime groups is 1. The van der Waals surface area contributed by atoms with Crippen molar-refractivity contribution in [1.82, 2.24) is 15.6 Å². The molecule has 3 aromatic rings. The van der Waals surface area contributed by atoms with Crippen LogP contribution in [-0.2, 0) is 9.63 Å². The number of amides is 1. The Hall–Kier alpha value is -3.72. The fraction of sp³-hybridized carbons (Fsp3) is 0.190. The lowest BCUT2D eigenvalue weighted by molar-refractivity contribution is -0.126. The maximum atomic E-state index is 13.9. The number of aromatic nitrogens is 1. The second kappa shape index (κ2) is 7.27. The number of carbonyl (C=O) groups excluding carboxylic acids is 1. The van der Waals surface area contributed by atoms with E-state index in [0.29, 0.717) is 39.1 Å². The zero-order valence-corrected chi connectivity index (χ0v) is 15.8. The zero-order chi connectivity index (χ0) is 20.7. The Labute approximate surface area is 170 Å². The van der Waals surface area contributed by atoms with Gasteiger partial charge in [0.15, 0.2) is 12.5 Å². The van der Waals surface area contributed by atoms with Crippen LogP contribution in [0.4, 0.5) is 10.1 Å². The molecule has 2 aliphatic rings. The Morgan fingerprint density at radius 3 is 2.93 bits per heavy atom. The maximum Gasteiger partial charge on any atom is 0.261 e. The van der Waals surface area contributed by atoms with Gasteiger partial charge >= 0.3 is 0 Å². The van der Waals surface area contributed by atoms with E-state index in [1.165, 1.54) is 12.1 Å². The summed E-state index contributed by atoms with van der Waals surface area (Å²) in [5.74, 6) is -0.853. The summed E-state index contributed by atoms with van der Waals surface area (Å²) in [6, 6.07) is 11.6. The number of aromatic hydroxyl groups is 1. The summed E-state index contributed by atoms with van der Waals surface area (Å²) in [4.78, 5) is 24.7. The Balaban J connectivity index is 1.49. The average Bonchev–Trinajstić information content (AvgIpc) is 3.21. The van der Waals surface area contributed by atoms with Crippen LogP contribution in [0.15, 0.2) is 52.6 Å². The predicted octanol–water partition coefficient (Wildman–Crippen LogP) is 1.96. The van der Waals surface area contributed by atoms with Gasteiger partial charge in [-0.2, -0.15) is 0 Å². The highest BCUT2D eigenvalue weighted by molar-refractivity contribution is 6.58. The zero-order valence-electron chi connectivity index (χ0n) is 15.8. The van der Waals surface area contributed by atoms with Gasteiger partial charge in [-0.3, -0.25) is 4.79 Å². The van der Waals surface area contributed by atoms with Gasteiger partial charge in [-0.1, -0.05) is 23.4 Å². The number of hydrogen-bond donors (Lipinski definition) is 4. The molecule has 30 heavy (non-hydrogen) atoms. The topological polar surface area (TPSA) is 111 Å². The smallest absolute Gasteiger partial charge is 0.261 e. The van der Waals surface area contributed by atoms with Crippen molar-refractivity contribution in [3.8, 4) is 5.88 Å². The number of halogens is 1. The van der Waals surface area contributed by atoms with Crippen LogP contribution in [0.25, 0.3) is 10.9 Å². The lowest BCUT2D eigenvalue weighted by Gasteiger charge is -2.27. The molecule has 0 bridgehead atoms. The van der Waals surface area contributed by atoms with Gasteiger partial charge in [0.1, 0.15) is 17.2 Å². The number of hydrogen-bond acceptors (Lipinski definition) is 6. The first-order valence-corrected chi connectivity index (χ1v) is 9.49. The molecule has 4 N–H and O–H groups in total. The summed E-state index contributed by atoms with van der Waals surface area (Å²) in [7, 11) is 0. The first kappa shape index (κ1) is 18.3. The van der Waals surface area contributed by atoms with Gasteiger partial charge in [0.05, 0.1) is 17.3 Å². The minimum absolute atomic E-state index is 0.108. The van der Waals surface area contributed by atoms with E-state index >= 15 is 0 Å². The number of nitrogens with zero attached hydrogens (tertiary/aromatic N) is 2. The first-order valence-electron chi connectivity index (χ1n) is 9.49. The number of rotatable bonds is 5. The molecule has 1 saturated heterocycles. The minimum Gasteiger partial charge on any atom is -0.494 e. The van der Waals surface area contributed by atoms with E-state index in [1.54, 1.807) is 12.1 Å². The lowest BCUT2D eigenvalue weighted by atomic mass is 10.0. The number of carbonyl (C=O) groups is 1. The Morgan fingerprint density at radius 1 is 1.30 bits per heavy atom.